The Labute approximate surface area is 94.4 Å². The Morgan fingerprint density at radius 3 is 2.88 bits per heavy atom. The maximum Gasteiger partial charge on any atom is 0.240 e. The maximum absolute atomic E-state index is 11.7. The largest absolute Gasteiger partial charge is 0.361 e. The van der Waals surface area contributed by atoms with Gasteiger partial charge in [0.25, 0.3) is 0 Å². The Hall–Kier alpha value is -1.83. The Morgan fingerprint density at radius 2 is 2.44 bits per heavy atom. The molecule has 1 rings (SSSR count). The Morgan fingerprint density at radius 1 is 1.75 bits per heavy atom. The van der Waals surface area contributed by atoms with Crippen molar-refractivity contribution in [3.63, 3.8) is 0 Å². The number of rotatable bonds is 4. The molecule has 0 spiro atoms. The lowest BCUT2D eigenvalue weighted by Gasteiger charge is -2.17. The number of aromatic nitrogens is 1. The minimum absolute atomic E-state index is 0.279. The molecule has 0 saturated carbocycles. The Balaban J connectivity index is 2.57. The molecule has 1 atom stereocenters. The van der Waals surface area contributed by atoms with Crippen LogP contribution >= 0.6 is 0 Å². The van der Waals surface area contributed by atoms with Gasteiger partial charge in [0.1, 0.15) is 16.9 Å². The third-order valence-corrected chi connectivity index (χ3v) is 2.56. The minimum Gasteiger partial charge on any atom is -0.361 e. The molecule has 86 valence electrons. The van der Waals surface area contributed by atoms with Crippen LogP contribution in [-0.4, -0.2) is 11.1 Å². The first-order valence-corrected chi connectivity index (χ1v) is 5.13. The van der Waals surface area contributed by atoms with Crippen molar-refractivity contribution >= 4 is 5.91 Å². The molecule has 1 amide bonds. The smallest absolute Gasteiger partial charge is 0.240 e. The highest BCUT2D eigenvalue weighted by Crippen LogP contribution is 2.19. The number of carbonyl (C=O) groups is 1. The van der Waals surface area contributed by atoms with E-state index in [1.54, 1.807) is 19.9 Å². The lowest BCUT2D eigenvalue weighted by molar-refractivity contribution is -0.127. The van der Waals surface area contributed by atoms with Crippen molar-refractivity contribution in [3.8, 4) is 6.07 Å². The van der Waals surface area contributed by atoms with E-state index in [0.29, 0.717) is 17.9 Å². The number of hydrogen-bond acceptors (Lipinski definition) is 4. The molecule has 0 bridgehead atoms. The van der Waals surface area contributed by atoms with Gasteiger partial charge in [0.2, 0.25) is 5.91 Å². The van der Waals surface area contributed by atoms with Gasteiger partial charge < -0.3 is 9.84 Å². The van der Waals surface area contributed by atoms with Crippen LogP contribution in [0, 0.1) is 23.7 Å². The molecule has 5 nitrogen and oxygen atoms in total. The van der Waals surface area contributed by atoms with Gasteiger partial charge in [-0.2, -0.15) is 5.26 Å². The summed E-state index contributed by atoms with van der Waals surface area (Å²) in [7, 11) is 0. The van der Waals surface area contributed by atoms with E-state index >= 15 is 0 Å². The van der Waals surface area contributed by atoms with Crippen LogP contribution in [0.25, 0.3) is 0 Å². The molecule has 0 fully saturated rings. The maximum atomic E-state index is 11.7. The number of carbonyl (C=O) groups excluding carboxylic acids is 1. The lowest BCUT2D eigenvalue weighted by atomic mass is 9.88. The van der Waals surface area contributed by atoms with Gasteiger partial charge in [0.15, 0.2) is 0 Å². The highest BCUT2D eigenvalue weighted by molar-refractivity contribution is 5.84. The highest BCUT2D eigenvalue weighted by Gasteiger charge is 2.30. The van der Waals surface area contributed by atoms with E-state index in [0.717, 1.165) is 0 Å². The van der Waals surface area contributed by atoms with Crippen molar-refractivity contribution in [2.45, 2.75) is 33.7 Å². The third kappa shape index (κ3) is 2.60. The van der Waals surface area contributed by atoms with Crippen LogP contribution in [0.1, 0.15) is 31.7 Å². The minimum atomic E-state index is -0.973. The average molecular weight is 221 g/mol. The standard InChI is InChI=1S/C11H15N3O2/c1-4-11(3,7-12)10(15)13-6-9-5-8(2)16-14-9/h5H,4,6H2,1-3H3,(H,13,15). The summed E-state index contributed by atoms with van der Waals surface area (Å²) in [5, 5.41) is 15.3. The molecular formula is C11H15N3O2. The van der Waals surface area contributed by atoms with E-state index in [1.807, 2.05) is 13.0 Å². The van der Waals surface area contributed by atoms with E-state index in [-0.39, 0.29) is 12.5 Å². The summed E-state index contributed by atoms with van der Waals surface area (Å²) in [6.45, 7) is 5.50. The van der Waals surface area contributed by atoms with Gasteiger partial charge in [-0.15, -0.1) is 0 Å². The molecule has 0 aromatic carbocycles. The molecule has 0 aliphatic carbocycles. The molecule has 5 heteroatoms. The number of hydrogen-bond donors (Lipinski definition) is 1. The van der Waals surface area contributed by atoms with Gasteiger partial charge in [0, 0.05) is 6.07 Å². The second-order valence-electron chi connectivity index (χ2n) is 3.91. The van der Waals surface area contributed by atoms with Crippen LogP contribution in [0.4, 0.5) is 0 Å². The van der Waals surface area contributed by atoms with Crippen molar-refractivity contribution in [1.29, 1.82) is 5.26 Å². The second kappa shape index (κ2) is 4.79. The molecule has 0 aliphatic rings. The fraction of sp³-hybridized carbons (Fsp3) is 0.545. The predicted octanol–water partition coefficient (Wildman–Crippen LogP) is 1.54. The summed E-state index contributed by atoms with van der Waals surface area (Å²) in [6, 6.07) is 3.76. The van der Waals surface area contributed by atoms with Crippen molar-refractivity contribution in [2.75, 3.05) is 0 Å². The van der Waals surface area contributed by atoms with E-state index in [9.17, 15) is 4.79 Å². The van der Waals surface area contributed by atoms with Crippen LogP contribution in [0.3, 0.4) is 0 Å². The number of amides is 1. The number of nitriles is 1. The fourth-order valence-electron chi connectivity index (χ4n) is 1.16. The summed E-state index contributed by atoms with van der Waals surface area (Å²) in [6.07, 6.45) is 0.479. The van der Waals surface area contributed by atoms with Crippen molar-refractivity contribution < 1.29 is 9.32 Å². The van der Waals surface area contributed by atoms with Crippen LogP contribution < -0.4 is 5.32 Å². The number of nitrogens with one attached hydrogen (secondary N) is 1. The molecular weight excluding hydrogens is 206 g/mol. The highest BCUT2D eigenvalue weighted by atomic mass is 16.5. The van der Waals surface area contributed by atoms with Gasteiger partial charge in [-0.05, 0) is 20.3 Å². The molecule has 1 heterocycles. The first-order valence-electron chi connectivity index (χ1n) is 5.13. The van der Waals surface area contributed by atoms with Gasteiger partial charge in [-0.25, -0.2) is 0 Å². The van der Waals surface area contributed by atoms with Gasteiger partial charge in [-0.1, -0.05) is 12.1 Å². The second-order valence-corrected chi connectivity index (χ2v) is 3.91. The zero-order chi connectivity index (χ0) is 12.2. The zero-order valence-corrected chi connectivity index (χ0v) is 9.70. The molecule has 1 unspecified atom stereocenters. The molecule has 0 aliphatic heterocycles. The number of aryl methyl sites for hydroxylation is 1. The van der Waals surface area contributed by atoms with Crippen molar-refractivity contribution in [3.05, 3.63) is 17.5 Å². The van der Waals surface area contributed by atoms with E-state index in [4.69, 9.17) is 9.78 Å². The van der Waals surface area contributed by atoms with Crippen molar-refractivity contribution in [1.82, 2.24) is 10.5 Å². The summed E-state index contributed by atoms with van der Waals surface area (Å²) in [5.41, 5.74) is -0.319. The van der Waals surface area contributed by atoms with Crippen molar-refractivity contribution in [2.24, 2.45) is 5.41 Å². The first-order chi connectivity index (χ1) is 7.51. The molecule has 0 saturated heterocycles. The molecule has 0 radical (unpaired) electrons. The van der Waals surface area contributed by atoms with Gasteiger partial charge in [0.05, 0.1) is 12.6 Å². The molecule has 16 heavy (non-hydrogen) atoms. The normalized spacial score (nSPS) is 13.9. The first kappa shape index (κ1) is 12.2. The number of nitrogens with zero attached hydrogens (tertiary/aromatic N) is 2. The predicted molar refractivity (Wildman–Crippen MR) is 57.1 cm³/mol. The quantitative estimate of drug-likeness (QED) is 0.836. The Kier molecular flexibility index (Phi) is 3.67. The van der Waals surface area contributed by atoms with Crippen LogP contribution in [0.5, 0.6) is 0 Å². The van der Waals surface area contributed by atoms with E-state index in [1.165, 1.54) is 0 Å². The lowest BCUT2D eigenvalue weighted by Crippen LogP contribution is -2.37. The summed E-state index contributed by atoms with van der Waals surface area (Å²) in [4.78, 5) is 11.7. The summed E-state index contributed by atoms with van der Waals surface area (Å²) in [5.74, 6) is 0.418. The topological polar surface area (TPSA) is 78.9 Å². The SMILES string of the molecule is CCC(C)(C#N)C(=O)NCc1cc(C)on1. The molecule has 1 N–H and O–H groups in total. The van der Waals surface area contributed by atoms with Crippen LogP contribution in [0.2, 0.25) is 0 Å². The van der Waals surface area contributed by atoms with Gasteiger partial charge in [-0.3, -0.25) is 4.79 Å². The fourth-order valence-corrected chi connectivity index (χ4v) is 1.16. The van der Waals surface area contributed by atoms with Crippen LogP contribution in [-0.2, 0) is 11.3 Å². The third-order valence-electron chi connectivity index (χ3n) is 2.56. The van der Waals surface area contributed by atoms with E-state index < -0.39 is 5.41 Å². The van der Waals surface area contributed by atoms with E-state index in [2.05, 4.69) is 10.5 Å². The monoisotopic (exact) mass is 221 g/mol. The molecule has 1 aromatic heterocycles. The molecule has 1 aromatic rings. The van der Waals surface area contributed by atoms with Crippen LogP contribution in [0.15, 0.2) is 10.6 Å². The summed E-state index contributed by atoms with van der Waals surface area (Å²) >= 11 is 0. The van der Waals surface area contributed by atoms with Gasteiger partial charge >= 0.3 is 0 Å². The summed E-state index contributed by atoms with van der Waals surface area (Å²) < 4.78 is 4.87. The average Bonchev–Trinajstić information content (AvgIpc) is 2.70. The Bertz CT molecular complexity index is 419. The zero-order valence-electron chi connectivity index (χ0n) is 9.70.